The Labute approximate surface area is 116 Å². The molecule has 0 fully saturated rings. The monoisotopic (exact) mass is 266 g/mol. The van der Waals surface area contributed by atoms with Crippen molar-refractivity contribution in [3.05, 3.63) is 60.2 Å². The van der Waals surface area contributed by atoms with Gasteiger partial charge in [0.1, 0.15) is 0 Å². The van der Waals surface area contributed by atoms with Gasteiger partial charge in [0, 0.05) is 31.5 Å². The third kappa shape index (κ3) is 2.38. The van der Waals surface area contributed by atoms with Crippen LogP contribution in [-0.4, -0.2) is 20.4 Å². The molecule has 2 heterocycles. The van der Waals surface area contributed by atoms with Gasteiger partial charge in [-0.25, -0.2) is 4.98 Å². The van der Waals surface area contributed by atoms with Crippen molar-refractivity contribution in [2.75, 3.05) is 0 Å². The number of hydrogen-bond acceptors (Lipinski definition) is 3. The van der Waals surface area contributed by atoms with Crippen molar-refractivity contribution in [3.63, 3.8) is 0 Å². The molecule has 0 aliphatic rings. The molecule has 5 heteroatoms. The van der Waals surface area contributed by atoms with E-state index in [4.69, 9.17) is 0 Å². The van der Waals surface area contributed by atoms with Gasteiger partial charge >= 0.3 is 0 Å². The van der Waals surface area contributed by atoms with Crippen LogP contribution in [0.2, 0.25) is 0 Å². The van der Waals surface area contributed by atoms with Crippen LogP contribution in [0.25, 0.3) is 11.0 Å². The highest BCUT2D eigenvalue weighted by Gasteiger charge is 2.08. The number of rotatable bonds is 3. The molecule has 20 heavy (non-hydrogen) atoms. The first kappa shape index (κ1) is 12.3. The van der Waals surface area contributed by atoms with Gasteiger partial charge in [0.2, 0.25) is 0 Å². The Morgan fingerprint density at radius 3 is 2.85 bits per heavy atom. The van der Waals surface area contributed by atoms with Crippen molar-refractivity contribution < 1.29 is 4.79 Å². The summed E-state index contributed by atoms with van der Waals surface area (Å²) in [5.74, 6) is -0.102. The van der Waals surface area contributed by atoms with E-state index in [1.54, 1.807) is 24.8 Å². The zero-order valence-electron chi connectivity index (χ0n) is 11.1. The number of hydrogen-bond donors (Lipinski definition) is 1. The number of benzene rings is 1. The lowest BCUT2D eigenvalue weighted by molar-refractivity contribution is 0.0951. The van der Waals surface area contributed by atoms with Gasteiger partial charge in [0.05, 0.1) is 17.4 Å². The lowest BCUT2D eigenvalue weighted by Crippen LogP contribution is -2.22. The van der Waals surface area contributed by atoms with E-state index in [9.17, 15) is 4.79 Å². The predicted molar refractivity (Wildman–Crippen MR) is 76.1 cm³/mol. The topological polar surface area (TPSA) is 59.8 Å². The van der Waals surface area contributed by atoms with Crippen molar-refractivity contribution >= 4 is 16.9 Å². The summed E-state index contributed by atoms with van der Waals surface area (Å²) < 4.78 is 1.92. The standard InChI is InChI=1S/C15H14N4O/c1-19-10-18-13-8-12(2-3-14(13)19)15(20)17-9-11-4-6-16-7-5-11/h2-8,10H,9H2,1H3,(H,17,20). The summed E-state index contributed by atoms with van der Waals surface area (Å²) in [6.07, 6.45) is 5.16. The molecule has 0 saturated carbocycles. The van der Waals surface area contributed by atoms with Crippen LogP contribution >= 0.6 is 0 Å². The van der Waals surface area contributed by atoms with Crippen molar-refractivity contribution in [2.24, 2.45) is 7.05 Å². The number of aromatic nitrogens is 3. The molecule has 1 amide bonds. The minimum atomic E-state index is -0.102. The highest BCUT2D eigenvalue weighted by atomic mass is 16.1. The predicted octanol–water partition coefficient (Wildman–Crippen LogP) is 1.90. The van der Waals surface area contributed by atoms with Crippen LogP contribution in [0.1, 0.15) is 15.9 Å². The van der Waals surface area contributed by atoms with Gasteiger partial charge in [-0.2, -0.15) is 0 Å². The molecule has 2 aromatic heterocycles. The molecule has 0 aliphatic heterocycles. The second-order valence-electron chi connectivity index (χ2n) is 4.60. The van der Waals surface area contributed by atoms with E-state index in [0.29, 0.717) is 12.1 Å². The van der Waals surface area contributed by atoms with Gasteiger partial charge in [-0.1, -0.05) is 0 Å². The third-order valence-corrected chi connectivity index (χ3v) is 3.19. The van der Waals surface area contributed by atoms with Crippen LogP contribution in [0.5, 0.6) is 0 Å². The maximum Gasteiger partial charge on any atom is 0.251 e. The highest BCUT2D eigenvalue weighted by molar-refractivity contribution is 5.97. The third-order valence-electron chi connectivity index (χ3n) is 3.19. The van der Waals surface area contributed by atoms with Gasteiger partial charge in [0.15, 0.2) is 0 Å². The highest BCUT2D eigenvalue weighted by Crippen LogP contribution is 2.13. The number of pyridine rings is 1. The van der Waals surface area contributed by atoms with Gasteiger partial charge < -0.3 is 9.88 Å². The van der Waals surface area contributed by atoms with Gasteiger partial charge in [-0.15, -0.1) is 0 Å². The summed E-state index contributed by atoms with van der Waals surface area (Å²) in [4.78, 5) is 20.3. The van der Waals surface area contributed by atoms with Gasteiger partial charge in [-0.3, -0.25) is 9.78 Å². The van der Waals surface area contributed by atoms with Crippen molar-refractivity contribution in [3.8, 4) is 0 Å². The Bertz CT molecular complexity index is 749. The van der Waals surface area contributed by atoms with E-state index in [0.717, 1.165) is 16.6 Å². The van der Waals surface area contributed by atoms with Crippen molar-refractivity contribution in [2.45, 2.75) is 6.54 Å². The molecule has 0 bridgehead atoms. The molecule has 0 radical (unpaired) electrons. The zero-order chi connectivity index (χ0) is 13.9. The molecule has 0 spiro atoms. The molecular weight excluding hydrogens is 252 g/mol. The normalized spacial score (nSPS) is 10.7. The van der Waals surface area contributed by atoms with Crippen LogP contribution in [0.4, 0.5) is 0 Å². The second kappa shape index (κ2) is 5.13. The number of imidazole rings is 1. The number of aryl methyl sites for hydroxylation is 1. The first-order chi connectivity index (χ1) is 9.74. The number of carbonyl (C=O) groups is 1. The van der Waals surface area contributed by atoms with Crippen LogP contribution in [0, 0.1) is 0 Å². The maximum absolute atomic E-state index is 12.1. The Hall–Kier alpha value is -2.69. The number of nitrogens with zero attached hydrogens (tertiary/aromatic N) is 3. The molecule has 0 unspecified atom stereocenters. The van der Waals surface area contributed by atoms with Crippen LogP contribution < -0.4 is 5.32 Å². The number of fused-ring (bicyclic) bond motifs is 1. The minimum absolute atomic E-state index is 0.102. The fourth-order valence-corrected chi connectivity index (χ4v) is 2.06. The maximum atomic E-state index is 12.1. The van der Waals surface area contributed by atoms with Crippen molar-refractivity contribution in [1.29, 1.82) is 0 Å². The largest absolute Gasteiger partial charge is 0.348 e. The lowest BCUT2D eigenvalue weighted by Gasteiger charge is -2.05. The van der Waals surface area contributed by atoms with Crippen LogP contribution in [0.3, 0.4) is 0 Å². The first-order valence-electron chi connectivity index (χ1n) is 6.32. The van der Waals surface area contributed by atoms with Crippen molar-refractivity contribution in [1.82, 2.24) is 19.9 Å². The smallest absolute Gasteiger partial charge is 0.251 e. The van der Waals surface area contributed by atoms with E-state index in [1.807, 2.05) is 35.9 Å². The average Bonchev–Trinajstić information content (AvgIpc) is 2.87. The summed E-state index contributed by atoms with van der Waals surface area (Å²) in [5.41, 5.74) is 3.47. The quantitative estimate of drug-likeness (QED) is 0.787. The summed E-state index contributed by atoms with van der Waals surface area (Å²) in [6, 6.07) is 9.28. The van der Waals surface area contributed by atoms with E-state index in [2.05, 4.69) is 15.3 Å². The Balaban J connectivity index is 1.75. The summed E-state index contributed by atoms with van der Waals surface area (Å²) >= 11 is 0. The number of amides is 1. The molecule has 0 atom stereocenters. The molecule has 5 nitrogen and oxygen atoms in total. The molecule has 0 saturated heterocycles. The van der Waals surface area contributed by atoms with E-state index < -0.39 is 0 Å². The Morgan fingerprint density at radius 1 is 1.25 bits per heavy atom. The average molecular weight is 266 g/mol. The summed E-state index contributed by atoms with van der Waals surface area (Å²) in [6.45, 7) is 0.488. The minimum Gasteiger partial charge on any atom is -0.348 e. The zero-order valence-corrected chi connectivity index (χ0v) is 11.1. The Morgan fingerprint density at radius 2 is 2.05 bits per heavy atom. The summed E-state index contributed by atoms with van der Waals surface area (Å²) in [5, 5.41) is 2.89. The van der Waals surface area contributed by atoms with Gasteiger partial charge in [0.25, 0.3) is 5.91 Å². The summed E-state index contributed by atoms with van der Waals surface area (Å²) in [7, 11) is 1.93. The first-order valence-corrected chi connectivity index (χ1v) is 6.32. The fourth-order valence-electron chi connectivity index (χ4n) is 2.06. The molecular formula is C15H14N4O. The van der Waals surface area contributed by atoms with E-state index in [1.165, 1.54) is 0 Å². The molecule has 1 N–H and O–H groups in total. The second-order valence-corrected chi connectivity index (χ2v) is 4.60. The SMILES string of the molecule is Cn1cnc2cc(C(=O)NCc3ccncc3)ccc21. The molecule has 100 valence electrons. The van der Waals surface area contributed by atoms with Crippen LogP contribution in [0.15, 0.2) is 49.1 Å². The fraction of sp³-hybridized carbons (Fsp3) is 0.133. The van der Waals surface area contributed by atoms with E-state index in [-0.39, 0.29) is 5.91 Å². The molecule has 1 aromatic carbocycles. The number of nitrogens with one attached hydrogen (secondary N) is 1. The number of carbonyl (C=O) groups excluding carboxylic acids is 1. The molecule has 3 rings (SSSR count). The Kier molecular flexibility index (Phi) is 3.16. The van der Waals surface area contributed by atoms with E-state index >= 15 is 0 Å². The molecule has 0 aliphatic carbocycles. The van der Waals surface area contributed by atoms with Crippen LogP contribution in [-0.2, 0) is 13.6 Å². The lowest BCUT2D eigenvalue weighted by atomic mass is 10.2. The molecule has 3 aromatic rings. The van der Waals surface area contributed by atoms with Gasteiger partial charge in [-0.05, 0) is 35.9 Å².